The fraction of sp³-hybridized carbons (Fsp3) is 0.762. The first-order valence-electron chi connectivity index (χ1n) is 10.7. The molecule has 1 aromatic rings. The van der Waals surface area contributed by atoms with Gasteiger partial charge in [0.2, 0.25) is 11.8 Å². The van der Waals surface area contributed by atoms with E-state index in [9.17, 15) is 4.79 Å². The van der Waals surface area contributed by atoms with Gasteiger partial charge in [-0.3, -0.25) is 4.79 Å². The molecule has 2 N–H and O–H groups in total. The number of rotatable bonds is 5. The summed E-state index contributed by atoms with van der Waals surface area (Å²) in [6.07, 6.45) is 7.25. The van der Waals surface area contributed by atoms with E-state index >= 15 is 0 Å². The highest BCUT2D eigenvalue weighted by molar-refractivity contribution is 5.81. The van der Waals surface area contributed by atoms with Crippen LogP contribution in [0.1, 0.15) is 71.5 Å². The summed E-state index contributed by atoms with van der Waals surface area (Å²) in [6.45, 7) is 11.1. The van der Waals surface area contributed by atoms with E-state index in [1.807, 2.05) is 11.8 Å². The molecule has 1 aliphatic carbocycles. The second-order valence-corrected chi connectivity index (χ2v) is 8.96. The van der Waals surface area contributed by atoms with Gasteiger partial charge in [0.15, 0.2) is 5.96 Å². The molecule has 1 unspecified atom stereocenters. The van der Waals surface area contributed by atoms with Crippen LogP contribution in [0.3, 0.4) is 0 Å². The number of nitrogens with zero attached hydrogens (tertiary/aromatic N) is 3. The minimum Gasteiger partial charge on any atom is -0.443 e. The van der Waals surface area contributed by atoms with Crippen molar-refractivity contribution in [1.29, 1.82) is 0 Å². The van der Waals surface area contributed by atoms with Crippen LogP contribution in [-0.4, -0.2) is 47.4 Å². The Kier molecular flexibility index (Phi) is 6.62. The summed E-state index contributed by atoms with van der Waals surface area (Å²) in [6, 6.07) is 0.234. The number of hydrogen-bond donors (Lipinski definition) is 2. The van der Waals surface area contributed by atoms with Crippen molar-refractivity contribution >= 4 is 11.9 Å². The van der Waals surface area contributed by atoms with Crippen LogP contribution in [0.5, 0.6) is 0 Å². The molecule has 2 heterocycles. The summed E-state index contributed by atoms with van der Waals surface area (Å²) in [5.41, 5.74) is -0.0587. The molecule has 7 heteroatoms. The molecule has 28 heavy (non-hydrogen) atoms. The van der Waals surface area contributed by atoms with E-state index < -0.39 is 0 Å². The fourth-order valence-electron chi connectivity index (χ4n) is 3.90. The molecule has 2 fully saturated rings. The van der Waals surface area contributed by atoms with Gasteiger partial charge in [-0.25, -0.2) is 9.98 Å². The molecule has 1 atom stereocenters. The van der Waals surface area contributed by atoms with Gasteiger partial charge in [0.05, 0.1) is 6.20 Å². The van der Waals surface area contributed by atoms with Crippen LogP contribution in [0.25, 0.3) is 0 Å². The lowest BCUT2D eigenvalue weighted by atomic mass is 9.94. The number of hydrogen-bond acceptors (Lipinski definition) is 4. The maximum atomic E-state index is 12.6. The summed E-state index contributed by atoms with van der Waals surface area (Å²) in [5, 5.41) is 6.76. The number of carbonyl (C=O) groups is 1. The van der Waals surface area contributed by atoms with Crippen molar-refractivity contribution in [1.82, 2.24) is 20.5 Å². The van der Waals surface area contributed by atoms with Crippen LogP contribution in [0.2, 0.25) is 0 Å². The van der Waals surface area contributed by atoms with Gasteiger partial charge in [0.25, 0.3) is 0 Å². The van der Waals surface area contributed by atoms with Crippen molar-refractivity contribution in [2.45, 2.75) is 77.8 Å². The Morgan fingerprint density at radius 1 is 1.32 bits per heavy atom. The molecule has 1 saturated carbocycles. The van der Waals surface area contributed by atoms with Crippen LogP contribution >= 0.6 is 0 Å². The first-order chi connectivity index (χ1) is 13.4. The van der Waals surface area contributed by atoms with Gasteiger partial charge in [-0.15, -0.1) is 0 Å². The predicted molar refractivity (Wildman–Crippen MR) is 110 cm³/mol. The second-order valence-electron chi connectivity index (χ2n) is 8.96. The molecule has 0 spiro atoms. The van der Waals surface area contributed by atoms with Gasteiger partial charge in [0, 0.05) is 37.0 Å². The van der Waals surface area contributed by atoms with E-state index in [0.717, 1.165) is 50.6 Å². The lowest BCUT2D eigenvalue weighted by molar-refractivity contribution is -0.134. The van der Waals surface area contributed by atoms with Gasteiger partial charge in [0.1, 0.15) is 12.3 Å². The Morgan fingerprint density at radius 2 is 2.07 bits per heavy atom. The van der Waals surface area contributed by atoms with E-state index in [4.69, 9.17) is 4.42 Å². The van der Waals surface area contributed by atoms with E-state index in [2.05, 4.69) is 41.4 Å². The molecule has 156 valence electrons. The van der Waals surface area contributed by atoms with Gasteiger partial charge in [-0.1, -0.05) is 33.6 Å². The van der Waals surface area contributed by atoms with E-state index in [-0.39, 0.29) is 17.4 Å². The zero-order chi connectivity index (χ0) is 20.1. The smallest absolute Gasteiger partial charge is 0.225 e. The van der Waals surface area contributed by atoms with Crippen molar-refractivity contribution in [3.63, 3.8) is 0 Å². The Hall–Kier alpha value is -2.05. The topological polar surface area (TPSA) is 82.8 Å². The van der Waals surface area contributed by atoms with E-state index in [1.165, 1.54) is 12.8 Å². The number of aromatic nitrogens is 1. The van der Waals surface area contributed by atoms with Crippen LogP contribution in [0.4, 0.5) is 0 Å². The number of nitrogens with one attached hydrogen (secondary N) is 2. The van der Waals surface area contributed by atoms with Gasteiger partial charge >= 0.3 is 0 Å². The first-order valence-corrected chi connectivity index (χ1v) is 10.7. The summed E-state index contributed by atoms with van der Waals surface area (Å²) in [7, 11) is 0. The highest BCUT2D eigenvalue weighted by Gasteiger charge is 2.32. The normalized spacial score (nSPS) is 21.4. The Labute approximate surface area is 168 Å². The molecule has 3 rings (SSSR count). The highest BCUT2D eigenvalue weighted by atomic mass is 16.4. The molecule has 0 radical (unpaired) electrons. The standard InChI is InChI=1S/C21H35N5O2/c1-5-22-20(24-13-18-23-12-17(28-18)21(2,3)4)25-16-10-11-26(14-16)19(27)15-8-6-7-9-15/h12,15-16H,5-11,13-14H2,1-4H3,(H2,22,24,25). The molecule has 7 nitrogen and oxygen atoms in total. The molecule has 0 bridgehead atoms. The minimum absolute atomic E-state index is 0.0587. The third kappa shape index (κ3) is 5.26. The Bertz CT molecular complexity index is 685. The van der Waals surface area contributed by atoms with Gasteiger partial charge in [-0.2, -0.15) is 0 Å². The van der Waals surface area contributed by atoms with Gasteiger partial charge < -0.3 is 20.0 Å². The second kappa shape index (κ2) is 8.97. The summed E-state index contributed by atoms with van der Waals surface area (Å²) in [4.78, 5) is 23.6. The van der Waals surface area contributed by atoms with E-state index in [0.29, 0.717) is 18.3 Å². The number of aliphatic imine (C=N–C) groups is 1. The summed E-state index contributed by atoms with van der Waals surface area (Å²) < 4.78 is 5.83. The molecule has 1 aromatic heterocycles. The number of guanidine groups is 1. The average molecular weight is 390 g/mol. The maximum Gasteiger partial charge on any atom is 0.225 e. The number of oxazole rings is 1. The average Bonchev–Trinajstić information content (AvgIpc) is 3.39. The quantitative estimate of drug-likeness (QED) is 0.598. The predicted octanol–water partition coefficient (Wildman–Crippen LogP) is 2.82. The number of amides is 1. The van der Waals surface area contributed by atoms with Crippen molar-refractivity contribution in [3.8, 4) is 0 Å². The largest absolute Gasteiger partial charge is 0.443 e. The minimum atomic E-state index is -0.0587. The number of likely N-dealkylation sites (tertiary alicyclic amines) is 1. The third-order valence-electron chi connectivity index (χ3n) is 5.55. The maximum absolute atomic E-state index is 12.6. The zero-order valence-electron chi connectivity index (χ0n) is 17.8. The molecule has 2 aliphatic rings. The van der Waals surface area contributed by atoms with Crippen molar-refractivity contribution in [3.05, 3.63) is 17.8 Å². The number of carbonyl (C=O) groups excluding carboxylic acids is 1. The molecule has 0 aromatic carbocycles. The lowest BCUT2D eigenvalue weighted by Crippen LogP contribution is -2.45. The summed E-state index contributed by atoms with van der Waals surface area (Å²) in [5.74, 6) is 2.83. The van der Waals surface area contributed by atoms with Crippen LogP contribution in [0, 0.1) is 5.92 Å². The fourth-order valence-corrected chi connectivity index (χ4v) is 3.90. The highest BCUT2D eigenvalue weighted by Crippen LogP contribution is 2.28. The Morgan fingerprint density at radius 3 is 2.71 bits per heavy atom. The zero-order valence-corrected chi connectivity index (χ0v) is 17.8. The monoisotopic (exact) mass is 389 g/mol. The third-order valence-corrected chi connectivity index (χ3v) is 5.55. The molecular weight excluding hydrogens is 354 g/mol. The van der Waals surface area contributed by atoms with Crippen molar-refractivity contribution in [2.75, 3.05) is 19.6 Å². The molecule has 1 aliphatic heterocycles. The van der Waals surface area contributed by atoms with Crippen LogP contribution in [-0.2, 0) is 16.8 Å². The molecule has 1 amide bonds. The first kappa shape index (κ1) is 20.7. The van der Waals surface area contributed by atoms with Crippen molar-refractivity contribution < 1.29 is 9.21 Å². The SMILES string of the molecule is CCNC(=NCc1ncc(C(C)(C)C)o1)NC1CCN(C(=O)C2CCCC2)C1. The van der Waals surface area contributed by atoms with Crippen LogP contribution < -0.4 is 10.6 Å². The Balaban J connectivity index is 1.55. The van der Waals surface area contributed by atoms with Gasteiger partial charge in [-0.05, 0) is 26.2 Å². The molecule has 1 saturated heterocycles. The summed E-state index contributed by atoms with van der Waals surface area (Å²) >= 11 is 0. The van der Waals surface area contributed by atoms with Crippen LogP contribution in [0.15, 0.2) is 15.6 Å². The van der Waals surface area contributed by atoms with Crippen molar-refractivity contribution in [2.24, 2.45) is 10.9 Å². The lowest BCUT2D eigenvalue weighted by Gasteiger charge is -2.21. The van der Waals surface area contributed by atoms with E-state index in [1.54, 1.807) is 6.20 Å². The molecular formula is C21H35N5O2.